The van der Waals surface area contributed by atoms with Crippen molar-refractivity contribution in [3.63, 3.8) is 0 Å². The summed E-state index contributed by atoms with van der Waals surface area (Å²) >= 11 is 1.38. The average Bonchev–Trinajstić information content (AvgIpc) is 3.02. The standard InChI is InChI=1S/C34H32N4O5S/c1-22(2)25-11-13-27(14-12-25)35-32(39)23(3)44-30-19-15-28(16-20-30)36-34(41)31(37-33(40)26-7-5-4-6-8-26)21-24-9-17-29(18-10-24)38(42)43/h4-23H,1-3H3,(H,35,39)(H,36,41)(H,37,40)/b31-21-. The van der Waals surface area contributed by atoms with Gasteiger partial charge in [0.1, 0.15) is 5.70 Å². The fraction of sp³-hybridized carbons (Fsp3) is 0.147. The SMILES string of the molecule is CC(Sc1ccc(NC(=O)/C(=C/c2ccc([N+](=O)[O-])cc2)NC(=O)c2ccccc2)cc1)C(=O)Nc1ccc(C(C)C)cc1. The molecule has 224 valence electrons. The van der Waals surface area contributed by atoms with E-state index in [2.05, 4.69) is 29.8 Å². The lowest BCUT2D eigenvalue weighted by Gasteiger charge is -2.14. The summed E-state index contributed by atoms with van der Waals surface area (Å²) in [6, 6.07) is 28.9. The molecule has 0 saturated carbocycles. The van der Waals surface area contributed by atoms with E-state index in [1.807, 2.05) is 31.2 Å². The first-order valence-electron chi connectivity index (χ1n) is 13.9. The van der Waals surface area contributed by atoms with Crippen molar-refractivity contribution in [2.75, 3.05) is 10.6 Å². The number of rotatable bonds is 11. The second-order valence-corrected chi connectivity index (χ2v) is 11.6. The largest absolute Gasteiger partial charge is 0.325 e. The predicted octanol–water partition coefficient (Wildman–Crippen LogP) is 7.25. The maximum Gasteiger partial charge on any atom is 0.272 e. The van der Waals surface area contributed by atoms with Gasteiger partial charge in [0.05, 0.1) is 10.2 Å². The molecule has 3 N–H and O–H groups in total. The van der Waals surface area contributed by atoms with Crippen molar-refractivity contribution in [2.45, 2.75) is 36.8 Å². The van der Waals surface area contributed by atoms with Gasteiger partial charge in [0, 0.05) is 34.0 Å². The third kappa shape index (κ3) is 8.89. The number of nitro groups is 1. The Bertz CT molecular complexity index is 1650. The van der Waals surface area contributed by atoms with Crippen LogP contribution >= 0.6 is 11.8 Å². The summed E-state index contributed by atoms with van der Waals surface area (Å²) in [5, 5.41) is 19.0. The van der Waals surface area contributed by atoms with E-state index in [0.29, 0.717) is 22.7 Å². The fourth-order valence-electron chi connectivity index (χ4n) is 4.07. The van der Waals surface area contributed by atoms with Gasteiger partial charge >= 0.3 is 0 Å². The minimum atomic E-state index is -0.579. The minimum Gasteiger partial charge on any atom is -0.325 e. The Kier molecular flexibility index (Phi) is 10.7. The number of nitrogens with one attached hydrogen (secondary N) is 3. The Morgan fingerprint density at radius 3 is 1.95 bits per heavy atom. The van der Waals surface area contributed by atoms with Crippen LogP contribution in [-0.4, -0.2) is 27.9 Å². The van der Waals surface area contributed by atoms with Crippen LogP contribution in [0.2, 0.25) is 0 Å². The number of hydrogen-bond acceptors (Lipinski definition) is 6. The zero-order valence-electron chi connectivity index (χ0n) is 24.4. The number of carbonyl (C=O) groups excluding carboxylic acids is 3. The zero-order valence-corrected chi connectivity index (χ0v) is 25.3. The van der Waals surface area contributed by atoms with Gasteiger partial charge in [-0.3, -0.25) is 24.5 Å². The smallest absolute Gasteiger partial charge is 0.272 e. The average molecular weight is 609 g/mol. The van der Waals surface area contributed by atoms with Crippen LogP contribution in [-0.2, 0) is 9.59 Å². The predicted molar refractivity (Wildman–Crippen MR) is 175 cm³/mol. The number of nitrogens with zero attached hydrogens (tertiary/aromatic N) is 1. The number of anilines is 2. The molecule has 4 rings (SSSR count). The topological polar surface area (TPSA) is 130 Å². The van der Waals surface area contributed by atoms with Crippen molar-refractivity contribution in [1.29, 1.82) is 0 Å². The van der Waals surface area contributed by atoms with Crippen LogP contribution in [0.1, 0.15) is 48.2 Å². The normalized spacial score (nSPS) is 11.9. The van der Waals surface area contributed by atoms with E-state index in [4.69, 9.17) is 0 Å². The molecule has 0 bridgehead atoms. The highest BCUT2D eigenvalue weighted by molar-refractivity contribution is 8.00. The van der Waals surface area contributed by atoms with Crippen molar-refractivity contribution < 1.29 is 19.3 Å². The molecule has 0 heterocycles. The number of nitro benzene ring substituents is 1. The molecule has 1 atom stereocenters. The van der Waals surface area contributed by atoms with Crippen LogP contribution in [0.5, 0.6) is 0 Å². The quantitative estimate of drug-likeness (QED) is 0.0712. The molecule has 0 fully saturated rings. The van der Waals surface area contributed by atoms with Gasteiger partial charge in [-0.1, -0.05) is 44.2 Å². The first kappa shape index (κ1) is 31.7. The third-order valence-corrected chi connectivity index (χ3v) is 7.69. The van der Waals surface area contributed by atoms with Gasteiger partial charge in [-0.15, -0.1) is 11.8 Å². The zero-order chi connectivity index (χ0) is 31.6. The highest BCUT2D eigenvalue weighted by Gasteiger charge is 2.17. The van der Waals surface area contributed by atoms with Crippen molar-refractivity contribution in [1.82, 2.24) is 5.32 Å². The van der Waals surface area contributed by atoms with Crippen LogP contribution in [0.15, 0.2) is 114 Å². The van der Waals surface area contributed by atoms with Gasteiger partial charge in [0.2, 0.25) is 5.91 Å². The minimum absolute atomic E-state index is 0.0436. The molecule has 0 saturated heterocycles. The summed E-state index contributed by atoms with van der Waals surface area (Å²) in [4.78, 5) is 50.2. The van der Waals surface area contributed by atoms with E-state index >= 15 is 0 Å². The van der Waals surface area contributed by atoms with Crippen LogP contribution in [0.25, 0.3) is 6.08 Å². The monoisotopic (exact) mass is 608 g/mol. The second kappa shape index (κ2) is 14.8. The van der Waals surface area contributed by atoms with Crippen molar-refractivity contribution in [3.05, 3.63) is 136 Å². The van der Waals surface area contributed by atoms with E-state index in [0.717, 1.165) is 10.6 Å². The molecule has 0 aliphatic heterocycles. The molecule has 4 aromatic carbocycles. The highest BCUT2D eigenvalue weighted by atomic mass is 32.2. The van der Waals surface area contributed by atoms with E-state index in [1.165, 1.54) is 47.7 Å². The molecule has 0 spiro atoms. The van der Waals surface area contributed by atoms with Crippen LogP contribution < -0.4 is 16.0 Å². The Hall–Kier alpha value is -5.22. The van der Waals surface area contributed by atoms with Gasteiger partial charge < -0.3 is 16.0 Å². The van der Waals surface area contributed by atoms with Gasteiger partial charge in [-0.2, -0.15) is 0 Å². The molecule has 1 unspecified atom stereocenters. The Morgan fingerprint density at radius 2 is 1.36 bits per heavy atom. The van der Waals surface area contributed by atoms with Gasteiger partial charge in [-0.05, 0) is 90.7 Å². The maximum absolute atomic E-state index is 13.3. The second-order valence-electron chi connectivity index (χ2n) is 10.2. The maximum atomic E-state index is 13.3. The molecule has 44 heavy (non-hydrogen) atoms. The highest BCUT2D eigenvalue weighted by Crippen LogP contribution is 2.26. The number of carbonyl (C=O) groups is 3. The number of hydrogen-bond donors (Lipinski definition) is 3. The van der Waals surface area contributed by atoms with E-state index < -0.39 is 16.7 Å². The Morgan fingerprint density at radius 1 is 0.773 bits per heavy atom. The van der Waals surface area contributed by atoms with Crippen LogP contribution in [0.4, 0.5) is 17.1 Å². The molecule has 4 aromatic rings. The number of non-ortho nitro benzene ring substituents is 1. The summed E-state index contributed by atoms with van der Waals surface area (Å²) < 4.78 is 0. The summed E-state index contributed by atoms with van der Waals surface area (Å²) in [6.07, 6.45) is 1.45. The lowest BCUT2D eigenvalue weighted by Crippen LogP contribution is -2.30. The van der Waals surface area contributed by atoms with E-state index in [1.54, 1.807) is 54.6 Å². The van der Waals surface area contributed by atoms with Crippen LogP contribution in [0, 0.1) is 10.1 Å². The molecular formula is C34H32N4O5S. The molecular weight excluding hydrogens is 576 g/mol. The number of amides is 3. The van der Waals surface area contributed by atoms with Crippen molar-refractivity contribution in [2.24, 2.45) is 0 Å². The lowest BCUT2D eigenvalue weighted by molar-refractivity contribution is -0.384. The summed E-state index contributed by atoms with van der Waals surface area (Å²) in [5.41, 5.74) is 3.13. The van der Waals surface area contributed by atoms with Gasteiger partial charge in [-0.25, -0.2) is 0 Å². The first-order valence-corrected chi connectivity index (χ1v) is 14.8. The number of benzene rings is 4. The van der Waals surface area contributed by atoms with Crippen molar-refractivity contribution >= 4 is 52.6 Å². The van der Waals surface area contributed by atoms with E-state index in [9.17, 15) is 24.5 Å². The molecule has 3 amide bonds. The molecule has 0 radical (unpaired) electrons. The van der Waals surface area contributed by atoms with Gasteiger partial charge in [0.15, 0.2) is 0 Å². The van der Waals surface area contributed by atoms with Crippen LogP contribution in [0.3, 0.4) is 0 Å². The summed E-state index contributed by atoms with van der Waals surface area (Å²) in [5.74, 6) is -0.777. The van der Waals surface area contributed by atoms with E-state index in [-0.39, 0.29) is 22.5 Å². The molecule has 9 nitrogen and oxygen atoms in total. The fourth-order valence-corrected chi connectivity index (χ4v) is 4.94. The lowest BCUT2D eigenvalue weighted by atomic mass is 10.0. The van der Waals surface area contributed by atoms with Crippen molar-refractivity contribution in [3.8, 4) is 0 Å². The Labute approximate surface area is 259 Å². The Balaban J connectivity index is 1.42. The summed E-state index contributed by atoms with van der Waals surface area (Å²) in [7, 11) is 0. The third-order valence-electron chi connectivity index (χ3n) is 6.58. The number of thioether (sulfide) groups is 1. The molecule has 0 aliphatic rings. The van der Waals surface area contributed by atoms with Gasteiger partial charge in [0.25, 0.3) is 17.5 Å². The molecule has 10 heteroatoms. The molecule has 0 aliphatic carbocycles. The first-order chi connectivity index (χ1) is 21.1. The molecule has 0 aromatic heterocycles. The summed E-state index contributed by atoms with van der Waals surface area (Å²) in [6.45, 7) is 6.05.